The summed E-state index contributed by atoms with van der Waals surface area (Å²) in [5, 5.41) is 20.2. The maximum Gasteiger partial charge on any atom is 0.416 e. The summed E-state index contributed by atoms with van der Waals surface area (Å²) in [6.07, 6.45) is 0.424. The maximum absolute atomic E-state index is 14.8. The monoisotopic (exact) mass is 519 g/mol. The lowest BCUT2D eigenvalue weighted by atomic mass is 9.83. The number of amides is 2. The van der Waals surface area contributed by atoms with Gasteiger partial charge in [0, 0.05) is 42.9 Å². The first-order valence-electron chi connectivity index (χ1n) is 11.9. The van der Waals surface area contributed by atoms with E-state index in [1.807, 2.05) is 31.3 Å². The Morgan fingerprint density at radius 1 is 1.22 bits per heavy atom. The molecule has 0 radical (unpaired) electrons. The number of halogens is 4. The van der Waals surface area contributed by atoms with Gasteiger partial charge in [-0.25, -0.2) is 14.6 Å². The minimum Gasteiger partial charge on any atom is -0.633 e. The number of carbonyl (C=O) groups is 1. The molecule has 3 atom stereocenters. The molecule has 2 aliphatic rings. The molecule has 4 rings (SSSR count). The lowest BCUT2D eigenvalue weighted by Gasteiger charge is -2.46. The molecule has 2 heterocycles. The lowest BCUT2D eigenvalue weighted by molar-refractivity contribution is -0.905. The van der Waals surface area contributed by atoms with Crippen LogP contribution in [0, 0.1) is 17.9 Å². The van der Waals surface area contributed by atoms with Crippen LogP contribution in [0.1, 0.15) is 42.5 Å². The number of rotatable bonds is 5. The maximum atomic E-state index is 14.8. The van der Waals surface area contributed by atoms with Crippen molar-refractivity contribution in [2.24, 2.45) is 0 Å². The molecular formula is C26H29F4N5O2. The summed E-state index contributed by atoms with van der Waals surface area (Å²) in [6.45, 7) is 4.27. The number of hydroxylamine groups is 2. The van der Waals surface area contributed by atoms with Crippen LogP contribution in [0.3, 0.4) is 0 Å². The quantitative estimate of drug-likeness (QED) is 0.342. The van der Waals surface area contributed by atoms with Gasteiger partial charge in [-0.05, 0) is 54.5 Å². The predicted octanol–water partition coefficient (Wildman–Crippen LogP) is 4.66. The molecule has 0 bridgehead atoms. The zero-order chi connectivity index (χ0) is 26.9. The highest BCUT2D eigenvalue weighted by atomic mass is 19.4. The van der Waals surface area contributed by atoms with E-state index in [-0.39, 0.29) is 22.5 Å². The van der Waals surface area contributed by atoms with Gasteiger partial charge in [-0.3, -0.25) is 0 Å². The van der Waals surface area contributed by atoms with Gasteiger partial charge in [0.05, 0.1) is 17.8 Å². The van der Waals surface area contributed by atoms with Crippen molar-refractivity contribution in [3.8, 4) is 0 Å². The molecule has 0 spiro atoms. The Morgan fingerprint density at radius 3 is 2.65 bits per heavy atom. The number of quaternary nitrogens is 1. The fourth-order valence-corrected chi connectivity index (χ4v) is 4.98. The van der Waals surface area contributed by atoms with E-state index in [4.69, 9.17) is 0 Å². The number of carbonyl (C=O) groups excluding carboxylic acids is 1. The topological polar surface area (TPSA) is 83.9 Å². The zero-order valence-corrected chi connectivity index (χ0v) is 20.7. The highest BCUT2D eigenvalue weighted by molar-refractivity contribution is 6.00. The summed E-state index contributed by atoms with van der Waals surface area (Å²) >= 11 is 0. The number of benzene rings is 2. The third-order valence-corrected chi connectivity index (χ3v) is 6.86. The molecule has 3 unspecified atom stereocenters. The molecule has 0 aliphatic carbocycles. The van der Waals surface area contributed by atoms with Crippen LogP contribution in [0.25, 0.3) is 0 Å². The molecule has 11 heteroatoms. The Balaban J connectivity index is 1.57. The van der Waals surface area contributed by atoms with Crippen LogP contribution in [0.15, 0.2) is 59.8 Å². The van der Waals surface area contributed by atoms with Crippen molar-refractivity contribution >= 4 is 17.4 Å². The normalized spacial score (nSPS) is 21.6. The fraction of sp³-hybridized carbons (Fsp3) is 0.346. The van der Waals surface area contributed by atoms with Crippen LogP contribution >= 0.6 is 0 Å². The van der Waals surface area contributed by atoms with Crippen molar-refractivity contribution in [1.29, 1.82) is 0 Å². The molecule has 0 fully saturated rings. The summed E-state index contributed by atoms with van der Waals surface area (Å²) in [5.74, 6) is -0.710. The highest BCUT2D eigenvalue weighted by Gasteiger charge is 2.37. The lowest BCUT2D eigenvalue weighted by Crippen LogP contribution is -3.12. The molecule has 198 valence electrons. The number of hydrazine groups is 1. The third-order valence-electron chi connectivity index (χ3n) is 6.86. The van der Waals surface area contributed by atoms with Gasteiger partial charge in [0.1, 0.15) is 17.9 Å². The average molecular weight is 520 g/mol. The summed E-state index contributed by atoms with van der Waals surface area (Å²) in [7, 11) is 1.81. The molecule has 0 aromatic heterocycles. The molecule has 0 saturated carbocycles. The average Bonchev–Trinajstić information content (AvgIpc) is 2.85. The Bertz CT molecular complexity index is 1240. The molecule has 2 aliphatic heterocycles. The van der Waals surface area contributed by atoms with Crippen molar-refractivity contribution in [2.75, 3.05) is 24.2 Å². The van der Waals surface area contributed by atoms with Gasteiger partial charge in [-0.15, -0.1) is 0 Å². The van der Waals surface area contributed by atoms with E-state index in [1.165, 1.54) is 24.3 Å². The molecule has 2 aromatic carbocycles. The SMILES string of the molecule is CCC1C2=C(C=CN(NC)C2)CC(c2cc(NC(=O)Nc3cccc(C(F)(F)F)c3)c(F)cc2C)[NH+]1[O-]. The number of aryl methyl sites for hydroxylation is 1. The zero-order valence-electron chi connectivity index (χ0n) is 20.7. The minimum absolute atomic E-state index is 0.0432. The summed E-state index contributed by atoms with van der Waals surface area (Å²) in [5.41, 5.74) is 5.22. The largest absolute Gasteiger partial charge is 0.633 e. The van der Waals surface area contributed by atoms with Crippen LogP contribution in [0.5, 0.6) is 0 Å². The first-order chi connectivity index (χ1) is 17.5. The van der Waals surface area contributed by atoms with Crippen LogP contribution < -0.4 is 21.1 Å². The number of hydrogen-bond donors (Lipinski definition) is 4. The first kappa shape index (κ1) is 26.6. The number of nitrogens with one attached hydrogen (secondary N) is 4. The second kappa shape index (κ2) is 10.5. The number of hydrogen-bond acceptors (Lipinski definition) is 4. The van der Waals surface area contributed by atoms with E-state index in [9.17, 15) is 27.6 Å². The molecule has 4 N–H and O–H groups in total. The van der Waals surface area contributed by atoms with Crippen LogP contribution in [0.2, 0.25) is 0 Å². The second-order valence-electron chi connectivity index (χ2n) is 9.18. The molecule has 2 aromatic rings. The molecular weight excluding hydrogens is 490 g/mol. The van der Waals surface area contributed by atoms with E-state index in [1.54, 1.807) is 6.92 Å². The summed E-state index contributed by atoms with van der Waals surface area (Å²) < 4.78 is 53.7. The molecule has 2 amide bonds. The van der Waals surface area contributed by atoms with Gasteiger partial charge in [-0.2, -0.15) is 13.2 Å². The van der Waals surface area contributed by atoms with Crippen molar-refractivity contribution in [1.82, 2.24) is 10.4 Å². The van der Waals surface area contributed by atoms with E-state index in [0.717, 1.165) is 23.3 Å². The third kappa shape index (κ3) is 5.63. The van der Waals surface area contributed by atoms with Crippen molar-refractivity contribution in [3.63, 3.8) is 0 Å². The number of anilines is 2. The van der Waals surface area contributed by atoms with Crippen molar-refractivity contribution in [3.05, 3.63) is 87.5 Å². The molecule has 0 saturated heterocycles. The molecule has 37 heavy (non-hydrogen) atoms. The summed E-state index contributed by atoms with van der Waals surface area (Å²) in [4.78, 5) is 12.5. The number of allylic oxidation sites excluding steroid dienone is 1. The Labute approximate surface area is 212 Å². The standard InChI is InChI=1S/C26H29F4N5O2/c1-4-23-20-14-34(31-3)9-8-16(20)11-24(35(23)37)19-13-22(21(27)10-15(19)2)33-25(36)32-18-7-5-6-17(12-18)26(28,29)30/h5-10,12-13,23-24,31,35H,4,11,14H2,1-3H3,(H2,32,33,36). The van der Waals surface area contributed by atoms with Gasteiger partial charge in [-0.1, -0.05) is 13.0 Å². The minimum atomic E-state index is -4.57. The van der Waals surface area contributed by atoms with Crippen molar-refractivity contribution < 1.29 is 27.4 Å². The van der Waals surface area contributed by atoms with Gasteiger partial charge in [0.25, 0.3) is 0 Å². The van der Waals surface area contributed by atoms with Crippen LogP contribution in [-0.4, -0.2) is 30.7 Å². The Hall–Kier alpha value is -3.41. The van der Waals surface area contributed by atoms with Crippen LogP contribution in [0.4, 0.5) is 33.7 Å². The van der Waals surface area contributed by atoms with E-state index in [0.29, 0.717) is 30.5 Å². The Kier molecular flexibility index (Phi) is 7.58. The highest BCUT2D eigenvalue weighted by Crippen LogP contribution is 2.34. The van der Waals surface area contributed by atoms with E-state index >= 15 is 0 Å². The van der Waals surface area contributed by atoms with Gasteiger partial charge in [0.2, 0.25) is 0 Å². The summed E-state index contributed by atoms with van der Waals surface area (Å²) in [6, 6.07) is 5.16. The van der Waals surface area contributed by atoms with E-state index < -0.39 is 29.6 Å². The molecule has 7 nitrogen and oxygen atoms in total. The van der Waals surface area contributed by atoms with Crippen molar-refractivity contribution in [2.45, 2.75) is 44.9 Å². The number of urea groups is 1. The predicted molar refractivity (Wildman–Crippen MR) is 133 cm³/mol. The van der Waals surface area contributed by atoms with Crippen LogP contribution in [-0.2, 0) is 6.18 Å². The number of alkyl halides is 3. The fourth-order valence-electron chi connectivity index (χ4n) is 4.98. The second-order valence-corrected chi connectivity index (χ2v) is 9.18. The van der Waals surface area contributed by atoms with Gasteiger partial charge in [0.15, 0.2) is 0 Å². The first-order valence-corrected chi connectivity index (χ1v) is 11.9. The number of nitrogens with zero attached hydrogens (tertiary/aromatic N) is 1. The van der Waals surface area contributed by atoms with E-state index in [2.05, 4.69) is 16.1 Å². The Morgan fingerprint density at radius 2 is 1.97 bits per heavy atom. The van der Waals surface area contributed by atoms with Gasteiger partial charge >= 0.3 is 12.2 Å². The smallest absolute Gasteiger partial charge is 0.416 e. The van der Waals surface area contributed by atoms with Gasteiger partial charge < -0.3 is 25.9 Å².